The fourth-order valence-corrected chi connectivity index (χ4v) is 2.67. The van der Waals surface area contributed by atoms with E-state index in [-0.39, 0.29) is 36.1 Å². The van der Waals surface area contributed by atoms with E-state index in [1.54, 1.807) is 18.5 Å². The van der Waals surface area contributed by atoms with Crippen molar-refractivity contribution in [3.8, 4) is 17.1 Å². The van der Waals surface area contributed by atoms with Gasteiger partial charge in [-0.25, -0.2) is 0 Å². The molecular weight excluding hydrogens is 370 g/mol. The minimum absolute atomic E-state index is 0.0436. The first-order valence-corrected chi connectivity index (χ1v) is 9.40. The highest BCUT2D eigenvalue weighted by molar-refractivity contribution is 5.76. The summed E-state index contributed by atoms with van der Waals surface area (Å²) in [7, 11) is 0. The first kappa shape index (κ1) is 20.2. The molecule has 8 heteroatoms. The first-order valence-electron chi connectivity index (χ1n) is 9.40. The van der Waals surface area contributed by atoms with E-state index in [4.69, 9.17) is 4.74 Å². The van der Waals surface area contributed by atoms with Crippen LogP contribution in [0.5, 0.6) is 5.75 Å². The molecule has 0 spiro atoms. The number of carbonyl (C=O) groups is 1. The van der Waals surface area contributed by atoms with Crippen molar-refractivity contribution in [1.29, 1.82) is 0 Å². The number of H-pyrrole nitrogens is 1. The minimum Gasteiger partial charge on any atom is -0.491 e. The summed E-state index contributed by atoms with van der Waals surface area (Å²) < 4.78 is 5.66. The average Bonchev–Trinajstić information content (AvgIpc) is 2.72. The molecule has 0 radical (unpaired) electrons. The molecule has 2 aromatic heterocycles. The van der Waals surface area contributed by atoms with Gasteiger partial charge in [0.2, 0.25) is 5.91 Å². The molecule has 0 aliphatic carbocycles. The molecule has 0 atom stereocenters. The molecule has 3 aromatic rings. The molecule has 0 aliphatic rings. The number of nitrogens with zero attached hydrogens (tertiary/aromatic N) is 3. The van der Waals surface area contributed by atoms with Crippen molar-refractivity contribution in [1.82, 2.24) is 25.5 Å². The zero-order valence-electron chi connectivity index (χ0n) is 16.4. The maximum atomic E-state index is 12.3. The predicted molar refractivity (Wildman–Crippen MR) is 108 cm³/mol. The molecule has 8 nitrogen and oxygen atoms in total. The van der Waals surface area contributed by atoms with Gasteiger partial charge in [-0.05, 0) is 37.6 Å². The largest absolute Gasteiger partial charge is 0.491 e. The van der Waals surface area contributed by atoms with E-state index in [9.17, 15) is 9.59 Å². The van der Waals surface area contributed by atoms with E-state index in [0.717, 1.165) is 5.56 Å². The number of benzene rings is 1. The van der Waals surface area contributed by atoms with Gasteiger partial charge in [-0.3, -0.25) is 14.6 Å². The Balaban J connectivity index is 1.59. The number of aromatic amines is 1. The molecule has 0 bridgehead atoms. The molecule has 0 saturated heterocycles. The Morgan fingerprint density at radius 3 is 2.79 bits per heavy atom. The molecular formula is C21H23N5O3. The van der Waals surface area contributed by atoms with Crippen LogP contribution < -0.4 is 15.6 Å². The summed E-state index contributed by atoms with van der Waals surface area (Å²) >= 11 is 0. The number of aromatic nitrogens is 4. The average molecular weight is 393 g/mol. The lowest BCUT2D eigenvalue weighted by atomic mass is 10.2. The summed E-state index contributed by atoms with van der Waals surface area (Å²) in [6.07, 6.45) is 3.76. The highest BCUT2D eigenvalue weighted by atomic mass is 16.5. The van der Waals surface area contributed by atoms with Crippen LogP contribution in [0.4, 0.5) is 0 Å². The molecule has 0 saturated carbocycles. The van der Waals surface area contributed by atoms with Crippen molar-refractivity contribution >= 4 is 5.91 Å². The second-order valence-electron chi connectivity index (χ2n) is 6.78. The van der Waals surface area contributed by atoms with Crippen LogP contribution in [0.3, 0.4) is 0 Å². The molecule has 29 heavy (non-hydrogen) atoms. The number of amides is 1. The third-order valence-electron chi connectivity index (χ3n) is 4.05. The third kappa shape index (κ3) is 5.97. The normalized spacial score (nSPS) is 10.7. The number of hydrogen-bond donors (Lipinski definition) is 2. The Morgan fingerprint density at radius 2 is 2.07 bits per heavy atom. The van der Waals surface area contributed by atoms with Gasteiger partial charge < -0.3 is 15.0 Å². The predicted octanol–water partition coefficient (Wildman–Crippen LogP) is 2.26. The van der Waals surface area contributed by atoms with Crippen LogP contribution in [0.1, 0.15) is 31.5 Å². The zero-order chi connectivity index (χ0) is 20.6. The van der Waals surface area contributed by atoms with Gasteiger partial charge in [0.15, 0.2) is 5.82 Å². The Kier molecular flexibility index (Phi) is 6.67. The van der Waals surface area contributed by atoms with Gasteiger partial charge in [-0.1, -0.05) is 18.2 Å². The molecule has 2 heterocycles. The lowest BCUT2D eigenvalue weighted by Crippen LogP contribution is -2.25. The van der Waals surface area contributed by atoms with Gasteiger partial charge in [-0.2, -0.15) is 0 Å². The molecule has 0 unspecified atom stereocenters. The van der Waals surface area contributed by atoms with Gasteiger partial charge in [0.25, 0.3) is 5.56 Å². The molecule has 150 valence electrons. The highest BCUT2D eigenvalue weighted by Crippen LogP contribution is 2.20. The summed E-state index contributed by atoms with van der Waals surface area (Å²) in [4.78, 5) is 31.1. The summed E-state index contributed by atoms with van der Waals surface area (Å²) in [5.41, 5.74) is 1.48. The summed E-state index contributed by atoms with van der Waals surface area (Å²) in [5, 5.41) is 10.9. The van der Waals surface area contributed by atoms with Gasteiger partial charge >= 0.3 is 0 Å². The third-order valence-corrected chi connectivity index (χ3v) is 4.05. The van der Waals surface area contributed by atoms with Crippen LogP contribution in [0.2, 0.25) is 0 Å². The van der Waals surface area contributed by atoms with Crippen molar-refractivity contribution in [3.63, 3.8) is 0 Å². The number of carbonyl (C=O) groups excluding carboxylic acids is 1. The van der Waals surface area contributed by atoms with Crippen molar-refractivity contribution in [2.75, 3.05) is 0 Å². The van der Waals surface area contributed by atoms with E-state index in [1.165, 1.54) is 0 Å². The molecule has 3 rings (SSSR count). The zero-order valence-corrected chi connectivity index (χ0v) is 16.4. The summed E-state index contributed by atoms with van der Waals surface area (Å²) in [5.74, 6) is 0.876. The minimum atomic E-state index is -0.356. The number of rotatable bonds is 8. The van der Waals surface area contributed by atoms with Crippen LogP contribution in [-0.2, 0) is 17.8 Å². The van der Waals surface area contributed by atoms with E-state index in [2.05, 4.69) is 25.5 Å². The van der Waals surface area contributed by atoms with Gasteiger partial charge in [0.05, 0.1) is 6.10 Å². The van der Waals surface area contributed by atoms with Gasteiger partial charge in [0.1, 0.15) is 11.4 Å². The Morgan fingerprint density at radius 1 is 1.21 bits per heavy atom. The Bertz CT molecular complexity index is 1020. The SMILES string of the molecule is CC(C)Oc1cccc(-c2nnc(CCC(=O)NCc3cccnc3)c(=O)[nH]2)c1. The van der Waals surface area contributed by atoms with Gasteiger partial charge in [0, 0.05) is 37.3 Å². The number of pyridine rings is 1. The Hall–Kier alpha value is -3.55. The fourth-order valence-electron chi connectivity index (χ4n) is 2.67. The lowest BCUT2D eigenvalue weighted by Gasteiger charge is -2.10. The smallest absolute Gasteiger partial charge is 0.273 e. The maximum Gasteiger partial charge on any atom is 0.273 e. The topological polar surface area (TPSA) is 110 Å². The van der Waals surface area contributed by atoms with Crippen molar-refractivity contribution in [2.24, 2.45) is 0 Å². The molecule has 0 aliphatic heterocycles. The molecule has 1 aromatic carbocycles. The maximum absolute atomic E-state index is 12.3. The van der Waals surface area contributed by atoms with E-state index in [0.29, 0.717) is 23.7 Å². The van der Waals surface area contributed by atoms with Crippen molar-refractivity contribution < 1.29 is 9.53 Å². The van der Waals surface area contributed by atoms with Crippen molar-refractivity contribution in [3.05, 3.63) is 70.4 Å². The van der Waals surface area contributed by atoms with Crippen LogP contribution in [0.15, 0.2) is 53.6 Å². The monoisotopic (exact) mass is 393 g/mol. The lowest BCUT2D eigenvalue weighted by molar-refractivity contribution is -0.121. The second-order valence-corrected chi connectivity index (χ2v) is 6.78. The molecule has 1 amide bonds. The van der Waals surface area contributed by atoms with Crippen LogP contribution in [-0.4, -0.2) is 32.2 Å². The quantitative estimate of drug-likeness (QED) is 0.607. The summed E-state index contributed by atoms with van der Waals surface area (Å²) in [6, 6.07) is 11.0. The molecule has 0 fully saturated rings. The van der Waals surface area contributed by atoms with Crippen LogP contribution >= 0.6 is 0 Å². The van der Waals surface area contributed by atoms with E-state index >= 15 is 0 Å². The van der Waals surface area contributed by atoms with E-state index < -0.39 is 0 Å². The first-order chi connectivity index (χ1) is 14.0. The standard InChI is InChI=1S/C21H23N5O3/c1-14(2)29-17-7-3-6-16(11-17)20-24-21(28)18(25-26-20)8-9-19(27)23-13-15-5-4-10-22-12-15/h3-7,10-12,14H,8-9,13H2,1-2H3,(H,23,27)(H,24,26,28). The second kappa shape index (κ2) is 9.59. The van der Waals surface area contributed by atoms with E-state index in [1.807, 2.05) is 44.2 Å². The van der Waals surface area contributed by atoms with Gasteiger partial charge in [-0.15, -0.1) is 10.2 Å². The number of nitrogens with one attached hydrogen (secondary N) is 2. The highest BCUT2D eigenvalue weighted by Gasteiger charge is 2.10. The van der Waals surface area contributed by atoms with Crippen LogP contribution in [0, 0.1) is 0 Å². The number of hydrogen-bond acceptors (Lipinski definition) is 6. The van der Waals surface area contributed by atoms with Crippen LogP contribution in [0.25, 0.3) is 11.4 Å². The van der Waals surface area contributed by atoms with Crippen molar-refractivity contribution in [2.45, 2.75) is 39.3 Å². The molecule has 2 N–H and O–H groups in total. The Labute approximate surface area is 168 Å². The summed E-state index contributed by atoms with van der Waals surface area (Å²) in [6.45, 7) is 4.27. The number of aryl methyl sites for hydroxylation is 1. The fraction of sp³-hybridized carbons (Fsp3) is 0.286. The number of ether oxygens (including phenoxy) is 1.